The molecule has 0 aromatic heterocycles. The first kappa shape index (κ1) is 27.2. The van der Waals surface area contributed by atoms with Gasteiger partial charge in [-0.3, -0.25) is 9.59 Å². The normalized spacial score (nSPS) is 14.4. The molecule has 1 aliphatic rings. The summed E-state index contributed by atoms with van der Waals surface area (Å²) < 4.78 is 10.8. The molecule has 0 fully saturated rings. The van der Waals surface area contributed by atoms with Crippen molar-refractivity contribution >= 4 is 29.0 Å². The summed E-state index contributed by atoms with van der Waals surface area (Å²) in [6, 6.07) is 31.5. The van der Waals surface area contributed by atoms with Gasteiger partial charge in [-0.2, -0.15) is 0 Å². The maximum atomic E-state index is 11.5. The molecule has 4 aromatic rings. The lowest BCUT2D eigenvalue weighted by molar-refractivity contribution is -0.146. The van der Waals surface area contributed by atoms with Crippen molar-refractivity contribution in [3.63, 3.8) is 0 Å². The van der Waals surface area contributed by atoms with Gasteiger partial charge in [-0.1, -0.05) is 68.4 Å². The zero-order valence-electron chi connectivity index (χ0n) is 23.9. The van der Waals surface area contributed by atoms with E-state index in [0.717, 1.165) is 28.2 Å². The fourth-order valence-corrected chi connectivity index (χ4v) is 5.70. The number of carbonyl (C=O) groups is 2. The van der Waals surface area contributed by atoms with Gasteiger partial charge in [0.1, 0.15) is 12.2 Å². The highest BCUT2D eigenvalue weighted by molar-refractivity contribution is 5.85. The monoisotopic (exact) mass is 533 g/mol. The molecular weight excluding hydrogens is 498 g/mol. The molecule has 2 atom stereocenters. The molecule has 0 radical (unpaired) electrons. The van der Waals surface area contributed by atoms with E-state index in [1.165, 1.54) is 36.1 Å². The standard InChI is InChI=1S/C35H35NO4/c1-22(39-24(3)37)26-11-15-28(16-12-26)36(29-17-13-27(14-18-29)23(2)40-25(4)38)30-19-20-32-31-9-7-8-10-33(31)35(5,6)34(32)21-30/h7-23H,1-6H3. The number of rotatable bonds is 7. The van der Waals surface area contributed by atoms with Crippen molar-refractivity contribution in [3.8, 4) is 11.1 Å². The lowest BCUT2D eigenvalue weighted by Crippen LogP contribution is -2.16. The third-order valence-electron chi connectivity index (χ3n) is 7.75. The number of nitrogens with zero attached hydrogens (tertiary/aromatic N) is 1. The van der Waals surface area contributed by atoms with Crippen LogP contribution in [-0.2, 0) is 24.5 Å². The van der Waals surface area contributed by atoms with Crippen molar-refractivity contribution in [1.82, 2.24) is 0 Å². The van der Waals surface area contributed by atoms with E-state index >= 15 is 0 Å². The Morgan fingerprint density at radius 2 is 1.07 bits per heavy atom. The number of carbonyl (C=O) groups excluding carboxylic acids is 2. The zero-order chi connectivity index (χ0) is 28.6. The minimum absolute atomic E-state index is 0.125. The topological polar surface area (TPSA) is 55.8 Å². The largest absolute Gasteiger partial charge is 0.458 e. The number of anilines is 3. The van der Waals surface area contributed by atoms with E-state index in [0.29, 0.717) is 0 Å². The van der Waals surface area contributed by atoms with Crippen LogP contribution in [0.15, 0.2) is 91.0 Å². The minimum Gasteiger partial charge on any atom is -0.458 e. The van der Waals surface area contributed by atoms with Gasteiger partial charge in [0.2, 0.25) is 0 Å². The van der Waals surface area contributed by atoms with Crippen LogP contribution in [0.5, 0.6) is 0 Å². The number of benzene rings is 4. The average molecular weight is 534 g/mol. The second-order valence-corrected chi connectivity index (χ2v) is 10.9. The average Bonchev–Trinajstić information content (AvgIpc) is 3.15. The van der Waals surface area contributed by atoms with E-state index in [2.05, 4.69) is 85.5 Å². The Morgan fingerprint density at radius 3 is 1.57 bits per heavy atom. The van der Waals surface area contributed by atoms with Gasteiger partial charge >= 0.3 is 11.9 Å². The number of ether oxygens (including phenoxy) is 2. The maximum Gasteiger partial charge on any atom is 0.303 e. The van der Waals surface area contributed by atoms with Gasteiger partial charge in [0.25, 0.3) is 0 Å². The van der Waals surface area contributed by atoms with Crippen LogP contribution in [0, 0.1) is 0 Å². The Labute approximate surface area is 236 Å². The summed E-state index contributed by atoms with van der Waals surface area (Å²) in [6.45, 7) is 11.2. The summed E-state index contributed by atoms with van der Waals surface area (Å²) in [7, 11) is 0. The molecule has 0 heterocycles. The van der Waals surface area contributed by atoms with Gasteiger partial charge in [0.15, 0.2) is 0 Å². The van der Waals surface area contributed by atoms with Crippen molar-refractivity contribution in [2.75, 3.05) is 4.90 Å². The third-order valence-corrected chi connectivity index (χ3v) is 7.75. The highest BCUT2D eigenvalue weighted by Crippen LogP contribution is 2.50. The van der Waals surface area contributed by atoms with Crippen LogP contribution in [-0.4, -0.2) is 11.9 Å². The smallest absolute Gasteiger partial charge is 0.303 e. The number of fused-ring (bicyclic) bond motifs is 3. The number of hydrogen-bond acceptors (Lipinski definition) is 5. The summed E-state index contributed by atoms with van der Waals surface area (Å²) in [5, 5.41) is 0. The van der Waals surface area contributed by atoms with Crippen molar-refractivity contribution in [1.29, 1.82) is 0 Å². The molecule has 0 amide bonds. The fourth-order valence-electron chi connectivity index (χ4n) is 5.70. The zero-order valence-corrected chi connectivity index (χ0v) is 23.9. The molecule has 1 aliphatic carbocycles. The van der Waals surface area contributed by atoms with Crippen LogP contribution in [0.4, 0.5) is 17.1 Å². The predicted octanol–water partition coefficient (Wildman–Crippen LogP) is 8.71. The summed E-state index contributed by atoms with van der Waals surface area (Å²) >= 11 is 0. The van der Waals surface area contributed by atoms with Gasteiger partial charge in [-0.05, 0) is 83.6 Å². The SMILES string of the molecule is CC(=O)OC(C)c1ccc(N(c2ccc(C(C)OC(C)=O)cc2)c2ccc3c(c2)C(C)(C)c2ccccc2-3)cc1. The maximum absolute atomic E-state index is 11.5. The third kappa shape index (κ3) is 5.12. The van der Waals surface area contributed by atoms with Gasteiger partial charge < -0.3 is 14.4 Å². The Morgan fingerprint density at radius 1 is 0.625 bits per heavy atom. The lowest BCUT2D eigenvalue weighted by atomic mass is 9.82. The quantitative estimate of drug-likeness (QED) is 0.222. The second kappa shape index (κ2) is 10.6. The van der Waals surface area contributed by atoms with Crippen molar-refractivity contribution < 1.29 is 19.1 Å². The summed E-state index contributed by atoms with van der Waals surface area (Å²) in [6.07, 6.45) is -0.664. The van der Waals surface area contributed by atoms with Crippen molar-refractivity contribution in [2.24, 2.45) is 0 Å². The highest BCUT2D eigenvalue weighted by Gasteiger charge is 2.35. The van der Waals surface area contributed by atoms with E-state index in [-0.39, 0.29) is 29.6 Å². The fraction of sp³-hybridized carbons (Fsp3) is 0.257. The first-order valence-corrected chi connectivity index (χ1v) is 13.6. The molecule has 204 valence electrons. The van der Waals surface area contributed by atoms with Crippen molar-refractivity contribution in [2.45, 2.75) is 59.2 Å². The molecule has 4 aromatic carbocycles. The van der Waals surface area contributed by atoms with E-state index in [1.54, 1.807) is 0 Å². The molecule has 5 rings (SSSR count). The molecule has 0 aliphatic heterocycles. The van der Waals surface area contributed by atoms with Gasteiger partial charge in [0.05, 0.1) is 0 Å². The highest BCUT2D eigenvalue weighted by atomic mass is 16.5. The van der Waals surface area contributed by atoms with Crippen LogP contribution in [0.25, 0.3) is 11.1 Å². The van der Waals surface area contributed by atoms with Gasteiger partial charge in [-0.15, -0.1) is 0 Å². The van der Waals surface area contributed by atoms with Crippen LogP contribution in [0.3, 0.4) is 0 Å². The van der Waals surface area contributed by atoms with E-state index in [4.69, 9.17) is 9.47 Å². The van der Waals surface area contributed by atoms with Gasteiger partial charge in [-0.25, -0.2) is 0 Å². The molecule has 0 spiro atoms. The van der Waals surface area contributed by atoms with Gasteiger partial charge in [0, 0.05) is 36.3 Å². The molecule has 0 N–H and O–H groups in total. The van der Waals surface area contributed by atoms with Crippen molar-refractivity contribution in [3.05, 3.63) is 113 Å². The molecule has 5 nitrogen and oxygen atoms in total. The summed E-state index contributed by atoms with van der Waals surface area (Å²) in [4.78, 5) is 25.2. The predicted molar refractivity (Wildman–Crippen MR) is 159 cm³/mol. The van der Waals surface area contributed by atoms with Crippen LogP contribution < -0.4 is 4.90 Å². The molecule has 0 bridgehead atoms. The Bertz CT molecular complexity index is 1490. The van der Waals surface area contributed by atoms with E-state index < -0.39 is 0 Å². The molecule has 0 saturated heterocycles. The molecule has 2 unspecified atom stereocenters. The minimum atomic E-state index is -0.332. The molecule has 40 heavy (non-hydrogen) atoms. The Balaban J connectivity index is 1.58. The summed E-state index contributed by atoms with van der Waals surface area (Å²) in [5.41, 5.74) is 9.90. The molecule has 5 heteroatoms. The lowest BCUT2D eigenvalue weighted by Gasteiger charge is -2.28. The molecule has 0 saturated carbocycles. The Hall–Kier alpha value is -4.38. The number of hydrogen-bond donors (Lipinski definition) is 0. The van der Waals surface area contributed by atoms with E-state index in [9.17, 15) is 9.59 Å². The first-order chi connectivity index (χ1) is 19.1. The number of esters is 2. The second-order valence-electron chi connectivity index (χ2n) is 10.9. The molecular formula is C35H35NO4. The van der Waals surface area contributed by atoms with Crippen LogP contribution in [0.2, 0.25) is 0 Å². The van der Waals surface area contributed by atoms with Crippen LogP contribution in [0.1, 0.15) is 76.0 Å². The Kier molecular flexibility index (Phi) is 7.24. The van der Waals surface area contributed by atoms with E-state index in [1.807, 2.05) is 38.1 Å². The van der Waals surface area contributed by atoms with Crippen LogP contribution >= 0.6 is 0 Å². The first-order valence-electron chi connectivity index (χ1n) is 13.6. The summed E-state index contributed by atoms with van der Waals surface area (Å²) in [5.74, 6) is -0.606.